The van der Waals surface area contributed by atoms with E-state index in [4.69, 9.17) is 8.83 Å². The van der Waals surface area contributed by atoms with Crippen LogP contribution in [0.1, 0.15) is 42.0 Å². The second-order valence-electron chi connectivity index (χ2n) is 4.71. The van der Waals surface area contributed by atoms with Gasteiger partial charge < -0.3 is 14.2 Å². The predicted molar refractivity (Wildman–Crippen MR) is 71.6 cm³/mol. The first-order chi connectivity index (χ1) is 8.70. The summed E-state index contributed by atoms with van der Waals surface area (Å²) in [5.41, 5.74) is 2.46. The van der Waals surface area contributed by atoms with E-state index in [1.54, 1.807) is 6.26 Å². The van der Waals surface area contributed by atoms with Crippen molar-refractivity contribution in [2.24, 2.45) is 0 Å². The lowest BCUT2D eigenvalue weighted by molar-refractivity contribution is 0.479. The molecule has 2 aromatic heterocycles. The Labute approximate surface area is 108 Å². The minimum absolute atomic E-state index is 0.292. The van der Waals surface area contributed by atoms with Crippen molar-refractivity contribution in [1.82, 2.24) is 5.32 Å². The molecule has 98 valence electrons. The molecule has 1 N–H and O–H groups in total. The Morgan fingerprint density at radius 3 is 2.72 bits per heavy atom. The van der Waals surface area contributed by atoms with E-state index in [0.717, 1.165) is 30.9 Å². The zero-order valence-electron chi connectivity index (χ0n) is 11.3. The Morgan fingerprint density at radius 1 is 1.33 bits per heavy atom. The average molecular weight is 247 g/mol. The highest BCUT2D eigenvalue weighted by atomic mass is 16.3. The summed E-state index contributed by atoms with van der Waals surface area (Å²) in [6, 6.07) is 4.44. The summed E-state index contributed by atoms with van der Waals surface area (Å²) in [4.78, 5) is 0. The van der Waals surface area contributed by atoms with Gasteiger partial charge in [0.15, 0.2) is 0 Å². The van der Waals surface area contributed by atoms with Crippen molar-refractivity contribution in [1.29, 1.82) is 0 Å². The Bertz CT molecular complexity index is 471. The molecule has 0 aliphatic carbocycles. The van der Waals surface area contributed by atoms with E-state index in [1.165, 1.54) is 11.1 Å². The lowest BCUT2D eigenvalue weighted by Gasteiger charge is -2.17. The van der Waals surface area contributed by atoms with E-state index in [1.807, 2.05) is 26.2 Å². The van der Waals surface area contributed by atoms with Crippen LogP contribution in [0.5, 0.6) is 0 Å². The third-order valence-electron chi connectivity index (χ3n) is 3.12. The average Bonchev–Trinajstić information content (AvgIpc) is 2.94. The van der Waals surface area contributed by atoms with Gasteiger partial charge in [-0.2, -0.15) is 0 Å². The maximum atomic E-state index is 5.63. The predicted octanol–water partition coefficient (Wildman–Crippen LogP) is 3.77. The molecule has 3 heteroatoms. The van der Waals surface area contributed by atoms with E-state index in [2.05, 4.69) is 18.3 Å². The number of nitrogens with one attached hydrogen (secondary N) is 1. The number of rotatable bonds is 6. The number of aryl methyl sites for hydroxylation is 2. The topological polar surface area (TPSA) is 38.3 Å². The maximum absolute atomic E-state index is 5.63. The standard InChI is InChI=1S/C15H21NO2/c1-4-6-16-15(9-13-5-7-17-10-13)14-8-11(2)18-12(14)3/h5,7-8,10,15-16H,4,6,9H2,1-3H3. The molecule has 2 aromatic rings. The van der Waals surface area contributed by atoms with Gasteiger partial charge in [0, 0.05) is 11.6 Å². The Morgan fingerprint density at radius 2 is 2.17 bits per heavy atom. The third-order valence-corrected chi connectivity index (χ3v) is 3.12. The van der Waals surface area contributed by atoms with E-state index < -0.39 is 0 Å². The molecule has 0 amide bonds. The molecule has 0 fully saturated rings. The molecule has 0 saturated carbocycles. The summed E-state index contributed by atoms with van der Waals surface area (Å²) in [5.74, 6) is 1.97. The summed E-state index contributed by atoms with van der Waals surface area (Å²) in [5, 5.41) is 3.58. The van der Waals surface area contributed by atoms with Crippen LogP contribution in [-0.2, 0) is 6.42 Å². The first-order valence-corrected chi connectivity index (χ1v) is 6.52. The zero-order chi connectivity index (χ0) is 13.0. The lowest BCUT2D eigenvalue weighted by Crippen LogP contribution is -2.24. The second-order valence-corrected chi connectivity index (χ2v) is 4.71. The fraction of sp³-hybridized carbons (Fsp3) is 0.467. The van der Waals surface area contributed by atoms with E-state index in [9.17, 15) is 0 Å². The van der Waals surface area contributed by atoms with Crippen LogP contribution in [0.25, 0.3) is 0 Å². The summed E-state index contributed by atoms with van der Waals surface area (Å²) >= 11 is 0. The van der Waals surface area contributed by atoms with E-state index in [-0.39, 0.29) is 0 Å². The Hall–Kier alpha value is -1.48. The summed E-state index contributed by atoms with van der Waals surface area (Å²) < 4.78 is 10.8. The van der Waals surface area contributed by atoms with Gasteiger partial charge in [-0.25, -0.2) is 0 Å². The van der Waals surface area contributed by atoms with Crippen molar-refractivity contribution in [2.75, 3.05) is 6.54 Å². The summed E-state index contributed by atoms with van der Waals surface area (Å²) in [6.07, 6.45) is 5.58. The number of hydrogen-bond acceptors (Lipinski definition) is 3. The van der Waals surface area contributed by atoms with Gasteiger partial charge in [0.25, 0.3) is 0 Å². The van der Waals surface area contributed by atoms with Crippen LogP contribution in [0, 0.1) is 13.8 Å². The second kappa shape index (κ2) is 5.91. The van der Waals surface area contributed by atoms with Crippen molar-refractivity contribution in [2.45, 2.75) is 39.7 Å². The smallest absolute Gasteiger partial charge is 0.105 e. The molecule has 0 aromatic carbocycles. The maximum Gasteiger partial charge on any atom is 0.105 e. The summed E-state index contributed by atoms with van der Waals surface area (Å²) in [7, 11) is 0. The molecule has 18 heavy (non-hydrogen) atoms. The van der Waals surface area contributed by atoms with Crippen LogP contribution < -0.4 is 5.32 Å². The molecule has 1 atom stereocenters. The third kappa shape index (κ3) is 3.05. The van der Waals surface area contributed by atoms with Gasteiger partial charge in [-0.15, -0.1) is 0 Å². The highest BCUT2D eigenvalue weighted by Crippen LogP contribution is 2.25. The molecule has 0 aliphatic rings. The first-order valence-electron chi connectivity index (χ1n) is 6.52. The minimum atomic E-state index is 0.292. The van der Waals surface area contributed by atoms with Crippen LogP contribution in [0.3, 0.4) is 0 Å². The summed E-state index contributed by atoms with van der Waals surface area (Å²) in [6.45, 7) is 7.20. The quantitative estimate of drug-likeness (QED) is 0.844. The number of hydrogen-bond donors (Lipinski definition) is 1. The molecule has 2 heterocycles. The minimum Gasteiger partial charge on any atom is -0.472 e. The monoisotopic (exact) mass is 247 g/mol. The van der Waals surface area contributed by atoms with E-state index >= 15 is 0 Å². The van der Waals surface area contributed by atoms with Gasteiger partial charge in [0.2, 0.25) is 0 Å². The lowest BCUT2D eigenvalue weighted by atomic mass is 10.0. The van der Waals surface area contributed by atoms with Gasteiger partial charge in [-0.05, 0) is 50.9 Å². The van der Waals surface area contributed by atoms with Crippen LogP contribution in [-0.4, -0.2) is 6.54 Å². The van der Waals surface area contributed by atoms with Crippen molar-refractivity contribution in [3.63, 3.8) is 0 Å². The molecule has 1 unspecified atom stereocenters. The molecule has 0 aliphatic heterocycles. The zero-order valence-corrected chi connectivity index (χ0v) is 11.3. The first kappa shape index (κ1) is 13.0. The van der Waals surface area contributed by atoms with Gasteiger partial charge in [0.1, 0.15) is 11.5 Å². The van der Waals surface area contributed by atoms with Crippen molar-refractivity contribution >= 4 is 0 Å². The normalized spacial score (nSPS) is 12.8. The highest BCUT2D eigenvalue weighted by Gasteiger charge is 2.17. The van der Waals surface area contributed by atoms with Gasteiger partial charge >= 0.3 is 0 Å². The van der Waals surface area contributed by atoms with Crippen LogP contribution in [0.4, 0.5) is 0 Å². The van der Waals surface area contributed by atoms with Crippen LogP contribution in [0.2, 0.25) is 0 Å². The van der Waals surface area contributed by atoms with E-state index in [0.29, 0.717) is 6.04 Å². The van der Waals surface area contributed by atoms with Crippen LogP contribution in [0.15, 0.2) is 33.5 Å². The molecule has 0 saturated heterocycles. The fourth-order valence-electron chi connectivity index (χ4n) is 2.25. The molecule has 0 bridgehead atoms. The van der Waals surface area contributed by atoms with Gasteiger partial charge in [-0.3, -0.25) is 0 Å². The van der Waals surface area contributed by atoms with Crippen molar-refractivity contribution in [3.05, 3.63) is 47.3 Å². The highest BCUT2D eigenvalue weighted by molar-refractivity contribution is 5.26. The number of furan rings is 2. The molecule has 0 spiro atoms. The molecule has 0 radical (unpaired) electrons. The molecular weight excluding hydrogens is 226 g/mol. The molecule has 3 nitrogen and oxygen atoms in total. The van der Waals surface area contributed by atoms with Crippen molar-refractivity contribution < 1.29 is 8.83 Å². The largest absolute Gasteiger partial charge is 0.472 e. The Balaban J connectivity index is 2.16. The van der Waals surface area contributed by atoms with Crippen LogP contribution >= 0.6 is 0 Å². The Kier molecular flexibility index (Phi) is 4.26. The fourth-order valence-corrected chi connectivity index (χ4v) is 2.25. The SMILES string of the molecule is CCCNC(Cc1ccoc1)c1cc(C)oc1C. The van der Waals surface area contributed by atoms with Crippen molar-refractivity contribution in [3.8, 4) is 0 Å². The van der Waals surface area contributed by atoms with Gasteiger partial charge in [0.05, 0.1) is 12.5 Å². The molecular formula is C15H21NO2. The van der Waals surface area contributed by atoms with Gasteiger partial charge in [-0.1, -0.05) is 6.92 Å². The molecule has 2 rings (SSSR count).